The minimum Gasteiger partial charge on any atom is -0.382 e. The first-order chi connectivity index (χ1) is 13.1. The van der Waals surface area contributed by atoms with Crippen molar-refractivity contribution in [3.63, 3.8) is 0 Å². The van der Waals surface area contributed by atoms with E-state index in [1.165, 1.54) is 6.20 Å². The lowest BCUT2D eigenvalue weighted by Gasteiger charge is -2.10. The second-order valence-corrected chi connectivity index (χ2v) is 5.45. The lowest BCUT2D eigenvalue weighted by molar-refractivity contribution is 0.101. The topological polar surface area (TPSA) is 130 Å². The van der Waals surface area contributed by atoms with E-state index < -0.39 is 17.4 Å². The molecule has 0 fully saturated rings. The van der Waals surface area contributed by atoms with E-state index in [1.807, 2.05) is 0 Å². The quantitative estimate of drug-likeness (QED) is 0.634. The largest absolute Gasteiger partial charge is 0.382 e. The number of amides is 1. The van der Waals surface area contributed by atoms with Gasteiger partial charge in [-0.2, -0.15) is 5.26 Å². The van der Waals surface area contributed by atoms with Gasteiger partial charge in [-0.3, -0.25) is 9.78 Å². The van der Waals surface area contributed by atoms with E-state index in [2.05, 4.69) is 25.6 Å². The molecule has 0 atom stereocenters. The zero-order valence-corrected chi connectivity index (χ0v) is 14.0. The molecule has 134 valence electrons. The molecular formula is C18H14FN7O. The molecule has 0 aromatic carbocycles. The van der Waals surface area contributed by atoms with Crippen molar-refractivity contribution in [2.45, 2.75) is 6.54 Å². The average molecular weight is 363 g/mol. The van der Waals surface area contributed by atoms with E-state index in [-0.39, 0.29) is 5.56 Å². The number of carbonyl (C=O) groups is 1. The number of nitrogens with two attached hydrogens (primary N) is 1. The molecule has 1 amide bonds. The summed E-state index contributed by atoms with van der Waals surface area (Å²) in [5.41, 5.74) is 7.13. The third-order valence-corrected chi connectivity index (χ3v) is 3.56. The van der Waals surface area contributed by atoms with Crippen molar-refractivity contribution >= 4 is 23.1 Å². The summed E-state index contributed by atoms with van der Waals surface area (Å²) in [7, 11) is 0. The highest BCUT2D eigenvalue weighted by molar-refractivity contribution is 6.03. The number of rotatable bonds is 5. The number of nitrogens with zero attached hydrogens (tertiary/aromatic N) is 4. The van der Waals surface area contributed by atoms with Gasteiger partial charge in [0.15, 0.2) is 11.5 Å². The zero-order valence-electron chi connectivity index (χ0n) is 14.0. The van der Waals surface area contributed by atoms with E-state index in [9.17, 15) is 9.18 Å². The van der Waals surface area contributed by atoms with Crippen molar-refractivity contribution in [1.82, 2.24) is 15.0 Å². The number of aromatic nitrogens is 3. The number of nitrogen functional groups attached to an aromatic ring is 1. The fourth-order valence-corrected chi connectivity index (χ4v) is 2.26. The first-order valence-electron chi connectivity index (χ1n) is 7.83. The molecule has 0 aliphatic carbocycles. The van der Waals surface area contributed by atoms with Gasteiger partial charge in [-0.25, -0.2) is 14.4 Å². The highest BCUT2D eigenvalue weighted by Gasteiger charge is 2.15. The minimum absolute atomic E-state index is 0.0380. The van der Waals surface area contributed by atoms with Crippen LogP contribution in [0.25, 0.3) is 0 Å². The van der Waals surface area contributed by atoms with Crippen LogP contribution in [0.4, 0.5) is 21.6 Å². The minimum atomic E-state index is -0.866. The summed E-state index contributed by atoms with van der Waals surface area (Å²) in [6, 6.07) is 9.47. The molecule has 9 heteroatoms. The van der Waals surface area contributed by atoms with E-state index >= 15 is 0 Å². The Morgan fingerprint density at radius 3 is 2.81 bits per heavy atom. The fourth-order valence-electron chi connectivity index (χ4n) is 2.26. The predicted molar refractivity (Wildman–Crippen MR) is 97.1 cm³/mol. The van der Waals surface area contributed by atoms with Gasteiger partial charge < -0.3 is 16.4 Å². The van der Waals surface area contributed by atoms with Gasteiger partial charge in [0.25, 0.3) is 5.91 Å². The second kappa shape index (κ2) is 7.88. The van der Waals surface area contributed by atoms with Crippen LogP contribution in [0.3, 0.4) is 0 Å². The summed E-state index contributed by atoms with van der Waals surface area (Å²) < 4.78 is 13.9. The van der Waals surface area contributed by atoms with Gasteiger partial charge in [0.05, 0.1) is 23.5 Å². The highest BCUT2D eigenvalue weighted by Crippen LogP contribution is 2.16. The van der Waals surface area contributed by atoms with Gasteiger partial charge in [0.1, 0.15) is 11.9 Å². The number of nitriles is 1. The lowest BCUT2D eigenvalue weighted by Crippen LogP contribution is -2.16. The normalized spacial score (nSPS) is 10.1. The Balaban J connectivity index is 1.69. The van der Waals surface area contributed by atoms with Crippen molar-refractivity contribution < 1.29 is 9.18 Å². The number of halogens is 1. The van der Waals surface area contributed by atoms with Crippen molar-refractivity contribution in [2.75, 3.05) is 16.4 Å². The molecule has 0 radical (unpaired) electrons. The van der Waals surface area contributed by atoms with Gasteiger partial charge in [-0.05, 0) is 30.3 Å². The molecule has 27 heavy (non-hydrogen) atoms. The first kappa shape index (κ1) is 17.8. The highest BCUT2D eigenvalue weighted by atomic mass is 19.1. The van der Waals surface area contributed by atoms with Crippen molar-refractivity contribution in [1.29, 1.82) is 5.26 Å². The van der Waals surface area contributed by atoms with E-state index in [4.69, 9.17) is 11.0 Å². The molecule has 4 N–H and O–H groups in total. The lowest BCUT2D eigenvalue weighted by atomic mass is 10.2. The van der Waals surface area contributed by atoms with Crippen molar-refractivity contribution in [3.05, 3.63) is 71.7 Å². The maximum absolute atomic E-state index is 13.9. The molecule has 8 nitrogen and oxygen atoms in total. The number of pyridine rings is 3. The van der Waals surface area contributed by atoms with Crippen molar-refractivity contribution in [3.8, 4) is 6.07 Å². The van der Waals surface area contributed by atoms with Crippen LogP contribution in [0.15, 0.2) is 48.9 Å². The molecule has 3 aromatic rings. The van der Waals surface area contributed by atoms with Crippen LogP contribution in [-0.4, -0.2) is 20.9 Å². The Bertz CT molecular complexity index is 1030. The standard InChI is InChI=1S/C18H14FN7O/c19-14-6-11(8-20)9-25-16(14)18(27)26-12-3-5-22-13(7-12)10-24-15-2-1-4-23-17(15)21/h1-7,9,24H,10H2,(H2,21,23)(H,22,26,27). The number of anilines is 3. The van der Waals surface area contributed by atoms with Gasteiger partial charge >= 0.3 is 0 Å². The van der Waals surface area contributed by atoms with Gasteiger partial charge in [0.2, 0.25) is 0 Å². The molecule has 3 aromatic heterocycles. The maximum Gasteiger partial charge on any atom is 0.277 e. The molecule has 0 bridgehead atoms. The van der Waals surface area contributed by atoms with Crippen molar-refractivity contribution in [2.24, 2.45) is 0 Å². The third-order valence-electron chi connectivity index (χ3n) is 3.56. The van der Waals surface area contributed by atoms with Crippen LogP contribution in [0.5, 0.6) is 0 Å². The summed E-state index contributed by atoms with van der Waals surface area (Å²) in [6.45, 7) is 0.350. The monoisotopic (exact) mass is 363 g/mol. The molecule has 0 aliphatic heterocycles. The van der Waals surface area contributed by atoms with Crippen LogP contribution in [0.1, 0.15) is 21.7 Å². The van der Waals surface area contributed by atoms with Gasteiger partial charge in [-0.15, -0.1) is 0 Å². The van der Waals surface area contributed by atoms with Crippen LogP contribution in [0, 0.1) is 17.1 Å². The van der Waals surface area contributed by atoms with Crippen LogP contribution < -0.4 is 16.4 Å². The summed E-state index contributed by atoms with van der Waals surface area (Å²) in [4.78, 5) is 24.1. The Kier molecular flexibility index (Phi) is 5.18. The first-order valence-corrected chi connectivity index (χ1v) is 7.83. The summed E-state index contributed by atoms with van der Waals surface area (Å²) in [5, 5.41) is 14.4. The molecule has 0 spiro atoms. The van der Waals surface area contributed by atoms with E-state index in [0.29, 0.717) is 29.4 Å². The van der Waals surface area contributed by atoms with Crippen LogP contribution in [0.2, 0.25) is 0 Å². The second-order valence-electron chi connectivity index (χ2n) is 5.45. The Hall–Kier alpha value is -4.06. The number of nitrogens with one attached hydrogen (secondary N) is 2. The number of hydrogen-bond donors (Lipinski definition) is 3. The van der Waals surface area contributed by atoms with Gasteiger partial charge in [-0.1, -0.05) is 0 Å². The Morgan fingerprint density at radius 2 is 2.07 bits per heavy atom. The summed E-state index contributed by atoms with van der Waals surface area (Å²) in [6.07, 6.45) is 4.24. The smallest absolute Gasteiger partial charge is 0.277 e. The molecule has 0 saturated heterocycles. The molecule has 0 unspecified atom stereocenters. The maximum atomic E-state index is 13.9. The Morgan fingerprint density at radius 1 is 1.22 bits per heavy atom. The third kappa shape index (κ3) is 4.32. The molecular weight excluding hydrogens is 349 g/mol. The SMILES string of the molecule is N#Cc1cnc(C(=O)Nc2ccnc(CNc3cccnc3N)c2)c(F)c1. The molecule has 0 saturated carbocycles. The van der Waals surface area contributed by atoms with Crippen LogP contribution >= 0.6 is 0 Å². The number of carbonyl (C=O) groups excluding carboxylic acids is 1. The number of hydrogen-bond acceptors (Lipinski definition) is 7. The van der Waals surface area contributed by atoms with E-state index in [0.717, 1.165) is 12.3 Å². The molecule has 3 rings (SSSR count). The summed E-state index contributed by atoms with van der Waals surface area (Å²) >= 11 is 0. The molecule has 3 heterocycles. The van der Waals surface area contributed by atoms with E-state index in [1.54, 1.807) is 36.5 Å². The average Bonchev–Trinajstić information content (AvgIpc) is 2.67. The summed E-state index contributed by atoms with van der Waals surface area (Å²) in [5.74, 6) is -1.22. The van der Waals surface area contributed by atoms with Gasteiger partial charge in [0, 0.05) is 24.3 Å². The predicted octanol–water partition coefficient (Wildman–Crippen LogP) is 2.33. The fraction of sp³-hybridized carbons (Fsp3) is 0.0556. The van der Waals surface area contributed by atoms with Crippen LogP contribution in [-0.2, 0) is 6.54 Å². The Labute approximate surface area is 153 Å². The zero-order chi connectivity index (χ0) is 19.2. The molecule has 0 aliphatic rings.